The number of hydrogen-bond acceptors (Lipinski definition) is 7. The number of hydrogen-bond donors (Lipinski definition) is 0. The predicted molar refractivity (Wildman–Crippen MR) is 144 cm³/mol. The second kappa shape index (κ2) is 10.5. The summed E-state index contributed by atoms with van der Waals surface area (Å²) < 4.78 is 6.62. The maximum atomic E-state index is 13.4. The molecule has 0 bridgehead atoms. The highest BCUT2D eigenvalue weighted by Crippen LogP contribution is 2.26. The van der Waals surface area contributed by atoms with Gasteiger partial charge in [0, 0.05) is 23.3 Å². The fourth-order valence-corrected chi connectivity index (χ4v) is 3.96. The largest absolute Gasteiger partial charge is 0.422 e. The summed E-state index contributed by atoms with van der Waals surface area (Å²) in [6, 6.07) is 25.9. The standard InChI is InChI=1S/C28H17ClN4O5/c29-23-12-6-4-10-21(23)28(35)38-25-15-14-20(33(36)37)16-19(25)17-30-32-26(18-8-2-1-3-9-18)31-24-13-7-5-11-22(24)27(32)34/h1-17H. The van der Waals surface area contributed by atoms with Gasteiger partial charge in [-0.15, -0.1) is 0 Å². The highest BCUT2D eigenvalue weighted by Gasteiger charge is 2.18. The number of non-ortho nitro benzene ring substituents is 1. The van der Waals surface area contributed by atoms with Crippen LogP contribution in [0.4, 0.5) is 5.69 Å². The number of nitro benzene ring substituents is 1. The van der Waals surface area contributed by atoms with Crippen molar-refractivity contribution < 1.29 is 14.5 Å². The predicted octanol–water partition coefficient (Wildman–Crippen LogP) is 5.73. The van der Waals surface area contributed by atoms with E-state index in [1.165, 1.54) is 30.5 Å². The van der Waals surface area contributed by atoms with Crippen LogP contribution in [0.3, 0.4) is 0 Å². The van der Waals surface area contributed by atoms with Gasteiger partial charge < -0.3 is 4.74 Å². The number of benzene rings is 4. The number of rotatable bonds is 6. The van der Waals surface area contributed by atoms with Crippen LogP contribution in [0.2, 0.25) is 5.02 Å². The molecule has 1 aromatic heterocycles. The van der Waals surface area contributed by atoms with E-state index in [0.29, 0.717) is 16.5 Å². The minimum absolute atomic E-state index is 0.00710. The lowest BCUT2D eigenvalue weighted by molar-refractivity contribution is -0.384. The number of halogens is 1. The Balaban J connectivity index is 1.63. The van der Waals surface area contributed by atoms with Crippen molar-refractivity contribution in [1.82, 2.24) is 9.66 Å². The number of ether oxygens (including phenoxy) is 1. The van der Waals surface area contributed by atoms with Gasteiger partial charge in [0.25, 0.3) is 11.2 Å². The molecule has 0 aliphatic carbocycles. The molecule has 5 aromatic rings. The van der Waals surface area contributed by atoms with Gasteiger partial charge in [0.1, 0.15) is 5.75 Å². The van der Waals surface area contributed by atoms with Gasteiger partial charge in [-0.3, -0.25) is 14.9 Å². The van der Waals surface area contributed by atoms with Crippen LogP contribution in [0.5, 0.6) is 5.75 Å². The van der Waals surface area contributed by atoms with Gasteiger partial charge in [0.05, 0.1) is 32.6 Å². The van der Waals surface area contributed by atoms with Crippen LogP contribution in [0, 0.1) is 10.1 Å². The van der Waals surface area contributed by atoms with E-state index in [2.05, 4.69) is 10.1 Å². The van der Waals surface area contributed by atoms with Gasteiger partial charge in [0.2, 0.25) is 0 Å². The topological polar surface area (TPSA) is 117 Å². The Morgan fingerprint density at radius 1 is 0.974 bits per heavy atom. The highest BCUT2D eigenvalue weighted by atomic mass is 35.5. The smallest absolute Gasteiger partial charge is 0.345 e. The first-order valence-corrected chi connectivity index (χ1v) is 11.7. The molecule has 0 atom stereocenters. The fourth-order valence-electron chi connectivity index (χ4n) is 3.75. The second-order valence-electron chi connectivity index (χ2n) is 8.03. The Morgan fingerprint density at radius 2 is 1.68 bits per heavy atom. The van der Waals surface area contributed by atoms with Crippen molar-refractivity contribution in [3.63, 3.8) is 0 Å². The van der Waals surface area contributed by atoms with Gasteiger partial charge in [-0.05, 0) is 30.3 Å². The van der Waals surface area contributed by atoms with E-state index in [-0.39, 0.29) is 33.4 Å². The second-order valence-corrected chi connectivity index (χ2v) is 8.44. The summed E-state index contributed by atoms with van der Waals surface area (Å²) in [4.78, 5) is 41.7. The minimum atomic E-state index is -0.756. The Labute approximate surface area is 220 Å². The lowest BCUT2D eigenvalue weighted by Crippen LogP contribution is -2.20. The van der Waals surface area contributed by atoms with E-state index in [4.69, 9.17) is 16.3 Å². The van der Waals surface area contributed by atoms with Crippen molar-refractivity contribution in [2.24, 2.45) is 5.10 Å². The molecular weight excluding hydrogens is 508 g/mol. The van der Waals surface area contributed by atoms with Gasteiger partial charge >= 0.3 is 5.97 Å². The quantitative estimate of drug-likeness (QED) is 0.0920. The third kappa shape index (κ3) is 4.91. The van der Waals surface area contributed by atoms with Crippen molar-refractivity contribution in [3.05, 3.63) is 134 Å². The first-order valence-electron chi connectivity index (χ1n) is 11.3. The van der Waals surface area contributed by atoms with E-state index in [9.17, 15) is 19.7 Å². The monoisotopic (exact) mass is 524 g/mol. The molecule has 0 radical (unpaired) electrons. The van der Waals surface area contributed by atoms with Gasteiger partial charge in [-0.1, -0.05) is 66.2 Å². The summed E-state index contributed by atoms with van der Waals surface area (Å²) in [6.07, 6.45) is 1.21. The van der Waals surface area contributed by atoms with Crippen molar-refractivity contribution in [2.75, 3.05) is 0 Å². The molecule has 0 amide bonds. The van der Waals surface area contributed by atoms with Crippen molar-refractivity contribution >= 4 is 40.4 Å². The molecule has 5 rings (SSSR count). The third-order valence-corrected chi connectivity index (χ3v) is 5.93. The maximum Gasteiger partial charge on any atom is 0.345 e. The third-order valence-electron chi connectivity index (χ3n) is 5.60. The van der Waals surface area contributed by atoms with Crippen molar-refractivity contribution in [2.45, 2.75) is 0 Å². The SMILES string of the molecule is O=C(Oc1ccc([N+](=O)[O-])cc1C=Nn1c(-c2ccccc2)nc2ccccc2c1=O)c1ccccc1Cl. The van der Waals surface area contributed by atoms with E-state index in [0.717, 1.165) is 4.68 Å². The lowest BCUT2D eigenvalue weighted by Gasteiger charge is -2.10. The average molecular weight is 525 g/mol. The molecule has 0 aliphatic heterocycles. The number of nitro groups is 1. The number of fused-ring (bicyclic) bond motifs is 1. The van der Waals surface area contributed by atoms with Crippen LogP contribution in [0.25, 0.3) is 22.3 Å². The molecule has 0 saturated carbocycles. The van der Waals surface area contributed by atoms with E-state index in [1.54, 1.807) is 66.7 Å². The molecule has 0 N–H and O–H groups in total. The van der Waals surface area contributed by atoms with Crippen LogP contribution in [-0.4, -0.2) is 26.8 Å². The Hall–Kier alpha value is -5.15. The van der Waals surface area contributed by atoms with E-state index in [1.807, 2.05) is 6.07 Å². The summed E-state index contributed by atoms with van der Waals surface area (Å²) in [7, 11) is 0. The molecule has 0 saturated heterocycles. The molecule has 0 spiro atoms. The van der Waals surface area contributed by atoms with Crippen LogP contribution in [0.15, 0.2) is 107 Å². The fraction of sp³-hybridized carbons (Fsp3) is 0. The van der Waals surface area contributed by atoms with Gasteiger partial charge in [-0.25, -0.2) is 9.78 Å². The molecule has 9 nitrogen and oxygen atoms in total. The van der Waals surface area contributed by atoms with Crippen LogP contribution >= 0.6 is 11.6 Å². The summed E-state index contributed by atoms with van der Waals surface area (Å²) in [5.41, 5.74) is 0.654. The van der Waals surface area contributed by atoms with Crippen LogP contribution in [0.1, 0.15) is 15.9 Å². The van der Waals surface area contributed by atoms with Crippen LogP contribution < -0.4 is 10.3 Å². The molecule has 186 valence electrons. The molecule has 0 aliphatic rings. The van der Waals surface area contributed by atoms with Crippen molar-refractivity contribution in [1.29, 1.82) is 0 Å². The summed E-state index contributed by atoms with van der Waals surface area (Å²) in [5, 5.41) is 16.3. The Kier molecular flexibility index (Phi) is 6.75. The van der Waals surface area contributed by atoms with Gasteiger partial charge in [0.15, 0.2) is 5.82 Å². The zero-order chi connectivity index (χ0) is 26.6. The molecule has 0 fully saturated rings. The summed E-state index contributed by atoms with van der Waals surface area (Å²) in [5.74, 6) is -0.494. The number of para-hydroxylation sites is 1. The zero-order valence-electron chi connectivity index (χ0n) is 19.5. The lowest BCUT2D eigenvalue weighted by atomic mass is 10.2. The summed E-state index contributed by atoms with van der Waals surface area (Å²) in [6.45, 7) is 0. The maximum absolute atomic E-state index is 13.4. The molecule has 0 unspecified atom stereocenters. The van der Waals surface area contributed by atoms with Gasteiger partial charge in [-0.2, -0.15) is 9.78 Å². The number of carbonyl (C=O) groups is 1. The Bertz CT molecular complexity index is 1780. The Morgan fingerprint density at radius 3 is 2.45 bits per heavy atom. The number of nitrogens with zero attached hydrogens (tertiary/aromatic N) is 4. The number of aromatic nitrogens is 2. The first-order chi connectivity index (χ1) is 18.4. The summed E-state index contributed by atoms with van der Waals surface area (Å²) >= 11 is 6.11. The molecule has 4 aromatic carbocycles. The van der Waals surface area contributed by atoms with E-state index >= 15 is 0 Å². The van der Waals surface area contributed by atoms with E-state index < -0.39 is 16.5 Å². The number of carbonyl (C=O) groups excluding carboxylic acids is 1. The zero-order valence-corrected chi connectivity index (χ0v) is 20.3. The first kappa shape index (κ1) is 24.5. The normalized spacial score (nSPS) is 11.1. The number of esters is 1. The highest BCUT2D eigenvalue weighted by molar-refractivity contribution is 6.33. The minimum Gasteiger partial charge on any atom is -0.422 e. The van der Waals surface area contributed by atoms with Crippen molar-refractivity contribution in [3.8, 4) is 17.1 Å². The molecule has 38 heavy (non-hydrogen) atoms. The molecule has 10 heteroatoms. The van der Waals surface area contributed by atoms with Crippen LogP contribution in [-0.2, 0) is 0 Å². The molecular formula is C28H17ClN4O5. The molecule has 1 heterocycles. The average Bonchev–Trinajstić information content (AvgIpc) is 2.93.